The van der Waals surface area contributed by atoms with E-state index >= 15 is 0 Å². The van der Waals surface area contributed by atoms with Gasteiger partial charge in [0.15, 0.2) is 0 Å². The minimum Gasteiger partial charge on any atom is -0.376 e. The fraction of sp³-hybridized carbons (Fsp3) is 0.364. The molecule has 0 heterocycles. The van der Waals surface area contributed by atoms with Gasteiger partial charge in [-0.15, -0.1) is 0 Å². The summed E-state index contributed by atoms with van der Waals surface area (Å²) in [6, 6.07) is 11.7. The maximum Gasteiger partial charge on any atom is 0.148 e. The fourth-order valence-corrected chi connectivity index (χ4v) is 1.09. The van der Waals surface area contributed by atoms with E-state index < -0.39 is 5.60 Å². The van der Waals surface area contributed by atoms with E-state index in [9.17, 15) is 5.11 Å². The molecule has 0 saturated carbocycles. The number of nitrogens with zero attached hydrogens (tertiary/aromatic N) is 1. The van der Waals surface area contributed by atoms with Crippen molar-refractivity contribution in [3.63, 3.8) is 0 Å². The van der Waals surface area contributed by atoms with Crippen LogP contribution in [-0.2, 0) is 6.42 Å². The highest BCUT2D eigenvalue weighted by molar-refractivity contribution is 5.15. The van der Waals surface area contributed by atoms with Crippen LogP contribution < -0.4 is 0 Å². The van der Waals surface area contributed by atoms with Crippen molar-refractivity contribution in [2.45, 2.75) is 25.4 Å². The van der Waals surface area contributed by atoms with Gasteiger partial charge in [0.05, 0.1) is 6.07 Å². The van der Waals surface area contributed by atoms with Gasteiger partial charge < -0.3 is 5.11 Å². The summed E-state index contributed by atoms with van der Waals surface area (Å²) < 4.78 is 0. The molecule has 1 aromatic rings. The normalized spacial score (nSPS) is 14.5. The van der Waals surface area contributed by atoms with Crippen LogP contribution in [0.3, 0.4) is 0 Å². The number of rotatable bonds is 3. The van der Waals surface area contributed by atoms with Crippen molar-refractivity contribution in [3.05, 3.63) is 35.9 Å². The summed E-state index contributed by atoms with van der Waals surface area (Å²) in [5.41, 5.74) is -0.0476. The largest absolute Gasteiger partial charge is 0.376 e. The monoisotopic (exact) mass is 175 g/mol. The Balaban J connectivity index is 2.50. The minimum absolute atomic E-state index is 0.480. The number of hydrogen-bond donors (Lipinski definition) is 1. The molecule has 13 heavy (non-hydrogen) atoms. The number of hydrogen-bond acceptors (Lipinski definition) is 2. The number of benzene rings is 1. The van der Waals surface area contributed by atoms with E-state index in [0.717, 1.165) is 12.0 Å². The second kappa shape index (κ2) is 4.06. The molecular weight excluding hydrogens is 162 g/mol. The van der Waals surface area contributed by atoms with Crippen molar-refractivity contribution in [1.82, 2.24) is 0 Å². The van der Waals surface area contributed by atoms with Crippen LogP contribution >= 0.6 is 0 Å². The molecule has 0 spiro atoms. The quantitative estimate of drug-likeness (QED) is 0.713. The predicted molar refractivity (Wildman–Crippen MR) is 51.0 cm³/mol. The Morgan fingerprint density at radius 2 is 2.00 bits per heavy atom. The van der Waals surface area contributed by atoms with E-state index in [1.807, 2.05) is 36.4 Å². The van der Waals surface area contributed by atoms with Crippen molar-refractivity contribution < 1.29 is 5.11 Å². The highest BCUT2D eigenvalue weighted by Gasteiger charge is 2.18. The molecule has 2 heteroatoms. The molecule has 68 valence electrons. The molecule has 0 saturated heterocycles. The summed E-state index contributed by atoms with van der Waals surface area (Å²) in [4.78, 5) is 0. The average Bonchev–Trinajstić information content (AvgIpc) is 2.17. The fourth-order valence-electron chi connectivity index (χ4n) is 1.09. The molecule has 0 amide bonds. The minimum atomic E-state index is -1.20. The Morgan fingerprint density at radius 3 is 2.54 bits per heavy atom. The maximum atomic E-state index is 9.42. The molecule has 0 aliphatic rings. The average molecular weight is 175 g/mol. The van der Waals surface area contributed by atoms with Crippen molar-refractivity contribution in [1.29, 1.82) is 5.26 Å². The highest BCUT2D eigenvalue weighted by atomic mass is 16.3. The van der Waals surface area contributed by atoms with Crippen LogP contribution in [0.4, 0.5) is 0 Å². The van der Waals surface area contributed by atoms with E-state index in [1.165, 1.54) is 6.92 Å². The highest BCUT2D eigenvalue weighted by Crippen LogP contribution is 2.12. The third-order valence-corrected chi connectivity index (χ3v) is 1.98. The molecule has 0 fully saturated rings. The summed E-state index contributed by atoms with van der Waals surface area (Å²) in [6.45, 7) is 1.54. The zero-order chi connectivity index (χ0) is 9.73. The molecule has 0 aliphatic carbocycles. The molecule has 1 rings (SSSR count). The molecule has 0 radical (unpaired) electrons. The molecule has 0 aromatic heterocycles. The lowest BCUT2D eigenvalue weighted by atomic mass is 9.98. The second-order valence-corrected chi connectivity index (χ2v) is 3.37. The zero-order valence-corrected chi connectivity index (χ0v) is 7.70. The van der Waals surface area contributed by atoms with Gasteiger partial charge in [-0.1, -0.05) is 30.3 Å². The van der Waals surface area contributed by atoms with Crippen LogP contribution in [0.15, 0.2) is 30.3 Å². The van der Waals surface area contributed by atoms with Gasteiger partial charge in [-0.05, 0) is 25.3 Å². The lowest BCUT2D eigenvalue weighted by Crippen LogP contribution is -2.21. The number of aliphatic hydroxyl groups is 1. The first kappa shape index (κ1) is 9.76. The van der Waals surface area contributed by atoms with E-state index in [2.05, 4.69) is 0 Å². The van der Waals surface area contributed by atoms with E-state index in [-0.39, 0.29) is 0 Å². The SMILES string of the molecule is C[C@](O)(C#N)CCc1ccccc1. The van der Waals surface area contributed by atoms with Gasteiger partial charge in [0.2, 0.25) is 0 Å². The van der Waals surface area contributed by atoms with Gasteiger partial charge in [0, 0.05) is 0 Å². The Bertz CT molecular complexity index is 298. The summed E-state index contributed by atoms with van der Waals surface area (Å²) in [7, 11) is 0. The van der Waals surface area contributed by atoms with Gasteiger partial charge in [-0.2, -0.15) is 5.26 Å². The summed E-state index contributed by atoms with van der Waals surface area (Å²) in [5.74, 6) is 0. The van der Waals surface area contributed by atoms with Crippen LogP contribution in [0.2, 0.25) is 0 Å². The number of nitriles is 1. The molecule has 0 unspecified atom stereocenters. The molecule has 0 aliphatic heterocycles. The molecule has 1 aromatic carbocycles. The molecular formula is C11H13NO. The zero-order valence-electron chi connectivity index (χ0n) is 7.70. The lowest BCUT2D eigenvalue weighted by Gasteiger charge is -2.13. The summed E-state index contributed by atoms with van der Waals surface area (Å²) >= 11 is 0. The molecule has 1 atom stereocenters. The third-order valence-electron chi connectivity index (χ3n) is 1.98. The van der Waals surface area contributed by atoms with Gasteiger partial charge in [-0.25, -0.2) is 0 Å². The van der Waals surface area contributed by atoms with Crippen LogP contribution in [0.5, 0.6) is 0 Å². The van der Waals surface area contributed by atoms with Crippen LogP contribution in [-0.4, -0.2) is 10.7 Å². The van der Waals surface area contributed by atoms with E-state index in [1.54, 1.807) is 0 Å². The predicted octanol–water partition coefficient (Wildman–Crippen LogP) is 1.89. The first-order chi connectivity index (χ1) is 6.14. The van der Waals surface area contributed by atoms with Crippen molar-refractivity contribution >= 4 is 0 Å². The first-order valence-corrected chi connectivity index (χ1v) is 4.32. The molecule has 0 bridgehead atoms. The third kappa shape index (κ3) is 3.27. The van der Waals surface area contributed by atoms with Crippen molar-refractivity contribution in [2.24, 2.45) is 0 Å². The summed E-state index contributed by atoms with van der Waals surface area (Å²) in [5, 5.41) is 18.0. The van der Waals surface area contributed by atoms with Crippen LogP contribution in [0.1, 0.15) is 18.9 Å². The smallest absolute Gasteiger partial charge is 0.148 e. The Kier molecular flexibility index (Phi) is 3.05. The first-order valence-electron chi connectivity index (χ1n) is 4.32. The van der Waals surface area contributed by atoms with E-state index in [0.29, 0.717) is 6.42 Å². The number of aryl methyl sites for hydroxylation is 1. The standard InChI is InChI=1S/C11H13NO/c1-11(13,9-12)8-7-10-5-3-2-4-6-10/h2-6,13H,7-8H2,1H3/t11-/m1/s1. The van der Waals surface area contributed by atoms with Crippen molar-refractivity contribution in [2.75, 3.05) is 0 Å². The Hall–Kier alpha value is -1.33. The lowest BCUT2D eigenvalue weighted by molar-refractivity contribution is 0.110. The van der Waals surface area contributed by atoms with Gasteiger partial charge in [0.25, 0.3) is 0 Å². The van der Waals surface area contributed by atoms with Gasteiger partial charge >= 0.3 is 0 Å². The molecule has 1 N–H and O–H groups in total. The topological polar surface area (TPSA) is 44.0 Å². The van der Waals surface area contributed by atoms with Gasteiger partial charge in [-0.3, -0.25) is 0 Å². The maximum absolute atomic E-state index is 9.42. The van der Waals surface area contributed by atoms with E-state index in [4.69, 9.17) is 5.26 Å². The summed E-state index contributed by atoms with van der Waals surface area (Å²) in [6.07, 6.45) is 1.22. The van der Waals surface area contributed by atoms with Crippen LogP contribution in [0, 0.1) is 11.3 Å². The Labute approximate surface area is 78.4 Å². The van der Waals surface area contributed by atoms with Crippen LogP contribution in [0.25, 0.3) is 0 Å². The van der Waals surface area contributed by atoms with Gasteiger partial charge in [0.1, 0.15) is 5.60 Å². The second-order valence-electron chi connectivity index (χ2n) is 3.37. The Morgan fingerprint density at radius 1 is 1.38 bits per heavy atom. The molecule has 2 nitrogen and oxygen atoms in total. The van der Waals surface area contributed by atoms with Crippen molar-refractivity contribution in [3.8, 4) is 6.07 Å².